The second kappa shape index (κ2) is 12.0. The van der Waals surface area contributed by atoms with Crippen molar-refractivity contribution in [2.75, 3.05) is 25.1 Å². The summed E-state index contributed by atoms with van der Waals surface area (Å²) in [6.07, 6.45) is 2.65. The predicted octanol–water partition coefficient (Wildman–Crippen LogP) is 5.84. The average molecular weight is 499 g/mol. The third kappa shape index (κ3) is 6.39. The molecule has 1 aliphatic heterocycles. The Morgan fingerprint density at radius 3 is 2.62 bits per heavy atom. The Labute approximate surface area is 210 Å². The summed E-state index contributed by atoms with van der Waals surface area (Å²) < 4.78 is 12.1. The molecule has 0 atom stereocenters. The first kappa shape index (κ1) is 25.8. The van der Waals surface area contributed by atoms with Crippen LogP contribution in [0.4, 0.5) is 5.69 Å². The minimum atomic E-state index is -0.251. The largest absolute Gasteiger partial charge is 0.490 e. The minimum Gasteiger partial charge on any atom is -0.490 e. The Morgan fingerprint density at radius 2 is 1.91 bits per heavy atom. The zero-order chi connectivity index (χ0) is 24.7. The van der Waals surface area contributed by atoms with E-state index >= 15 is 0 Å². The van der Waals surface area contributed by atoms with Crippen LogP contribution in [0, 0.1) is 0 Å². The molecule has 1 heterocycles. The summed E-state index contributed by atoms with van der Waals surface area (Å²) in [6, 6.07) is 13.1. The van der Waals surface area contributed by atoms with Crippen molar-refractivity contribution < 1.29 is 19.1 Å². The lowest BCUT2D eigenvalue weighted by atomic mass is 10.0. The minimum absolute atomic E-state index is 0.0755. The molecular weight excluding hydrogens is 468 g/mol. The normalized spacial score (nSPS) is 14.7. The SMILES string of the molecule is CCCN1C(=O)/C(=C/c2ccc(OCC(=O)Nc3ccccc3C(C)C)c(OCC)c2)SC1=S. The molecule has 0 spiro atoms. The van der Waals surface area contributed by atoms with Crippen LogP contribution in [0.25, 0.3) is 6.08 Å². The van der Waals surface area contributed by atoms with Gasteiger partial charge in [-0.2, -0.15) is 0 Å². The molecule has 2 amide bonds. The molecule has 0 bridgehead atoms. The number of rotatable bonds is 10. The second-order valence-corrected chi connectivity index (χ2v) is 9.73. The van der Waals surface area contributed by atoms with Crippen LogP contribution in [0.3, 0.4) is 0 Å². The maximum absolute atomic E-state index is 12.6. The maximum atomic E-state index is 12.6. The number of thiocarbonyl (C=S) groups is 1. The first-order valence-corrected chi connectivity index (χ1v) is 12.6. The molecule has 1 aliphatic rings. The molecule has 180 valence electrons. The number of para-hydroxylation sites is 1. The molecule has 0 radical (unpaired) electrons. The van der Waals surface area contributed by atoms with Crippen LogP contribution in [-0.2, 0) is 9.59 Å². The van der Waals surface area contributed by atoms with Crippen LogP contribution in [0.1, 0.15) is 51.2 Å². The first-order chi connectivity index (χ1) is 16.3. The van der Waals surface area contributed by atoms with Crippen molar-refractivity contribution in [2.45, 2.75) is 40.0 Å². The van der Waals surface area contributed by atoms with Crippen molar-refractivity contribution >= 4 is 51.9 Å². The molecule has 3 rings (SSSR count). The lowest BCUT2D eigenvalue weighted by Gasteiger charge is -2.15. The van der Waals surface area contributed by atoms with E-state index in [-0.39, 0.29) is 24.3 Å². The number of nitrogens with one attached hydrogen (secondary N) is 1. The van der Waals surface area contributed by atoms with Crippen molar-refractivity contribution in [3.63, 3.8) is 0 Å². The van der Waals surface area contributed by atoms with Crippen molar-refractivity contribution in [3.05, 3.63) is 58.5 Å². The molecular formula is C26H30N2O4S2. The number of hydrogen-bond donors (Lipinski definition) is 1. The van der Waals surface area contributed by atoms with Crippen LogP contribution >= 0.6 is 24.0 Å². The molecule has 2 aromatic carbocycles. The standard InChI is InChI=1S/C26H30N2O4S2/c1-5-13-28-25(30)23(34-26(28)33)15-18-11-12-21(22(14-18)31-6-2)32-16-24(29)27-20-10-8-7-9-19(20)17(3)4/h7-12,14-15,17H,5-6,13,16H2,1-4H3,(H,27,29)/b23-15-. The van der Waals surface area contributed by atoms with Gasteiger partial charge < -0.3 is 14.8 Å². The van der Waals surface area contributed by atoms with Gasteiger partial charge in [0.15, 0.2) is 18.1 Å². The molecule has 0 aromatic heterocycles. The topological polar surface area (TPSA) is 67.9 Å². The quantitative estimate of drug-likeness (QED) is 0.328. The highest BCUT2D eigenvalue weighted by molar-refractivity contribution is 8.26. The number of benzene rings is 2. The number of carbonyl (C=O) groups is 2. The number of thioether (sulfide) groups is 1. The molecule has 0 saturated carbocycles. The van der Waals surface area contributed by atoms with E-state index in [4.69, 9.17) is 21.7 Å². The zero-order valence-corrected chi connectivity index (χ0v) is 21.6. The van der Waals surface area contributed by atoms with Gasteiger partial charge in [0.05, 0.1) is 11.5 Å². The third-order valence-electron chi connectivity index (χ3n) is 5.10. The van der Waals surface area contributed by atoms with Crippen LogP contribution in [0.5, 0.6) is 11.5 Å². The van der Waals surface area contributed by atoms with E-state index in [1.807, 2.05) is 44.2 Å². The van der Waals surface area contributed by atoms with Gasteiger partial charge in [0, 0.05) is 12.2 Å². The monoisotopic (exact) mass is 498 g/mol. The van der Waals surface area contributed by atoms with Gasteiger partial charge in [-0.1, -0.05) is 69.0 Å². The fourth-order valence-corrected chi connectivity index (χ4v) is 4.82. The molecule has 0 unspecified atom stereocenters. The van der Waals surface area contributed by atoms with Gasteiger partial charge in [0.25, 0.3) is 11.8 Å². The molecule has 0 aliphatic carbocycles. The van der Waals surface area contributed by atoms with Gasteiger partial charge in [-0.15, -0.1) is 0 Å². The Bertz CT molecular complexity index is 1100. The van der Waals surface area contributed by atoms with Crippen molar-refractivity contribution in [3.8, 4) is 11.5 Å². The van der Waals surface area contributed by atoms with E-state index in [9.17, 15) is 9.59 Å². The van der Waals surface area contributed by atoms with Crippen LogP contribution in [0.2, 0.25) is 0 Å². The molecule has 6 nitrogen and oxygen atoms in total. The Kier molecular flexibility index (Phi) is 9.12. The fourth-order valence-electron chi connectivity index (χ4n) is 3.51. The van der Waals surface area contributed by atoms with Crippen molar-refractivity contribution in [2.24, 2.45) is 0 Å². The lowest BCUT2D eigenvalue weighted by Crippen LogP contribution is -2.28. The summed E-state index contributed by atoms with van der Waals surface area (Å²) in [7, 11) is 0. The molecule has 8 heteroatoms. The van der Waals surface area contributed by atoms with Crippen LogP contribution < -0.4 is 14.8 Å². The number of ether oxygens (including phenoxy) is 2. The maximum Gasteiger partial charge on any atom is 0.266 e. The summed E-state index contributed by atoms with van der Waals surface area (Å²) in [5.41, 5.74) is 2.65. The summed E-state index contributed by atoms with van der Waals surface area (Å²) >= 11 is 6.64. The first-order valence-electron chi connectivity index (χ1n) is 11.4. The highest BCUT2D eigenvalue weighted by Crippen LogP contribution is 2.35. The number of carbonyl (C=O) groups excluding carboxylic acids is 2. The van der Waals surface area contributed by atoms with Crippen molar-refractivity contribution in [1.82, 2.24) is 4.90 Å². The lowest BCUT2D eigenvalue weighted by molar-refractivity contribution is -0.122. The smallest absolute Gasteiger partial charge is 0.266 e. The van der Waals surface area contributed by atoms with Crippen LogP contribution in [0.15, 0.2) is 47.4 Å². The number of amides is 2. The zero-order valence-electron chi connectivity index (χ0n) is 19.9. The van der Waals surface area contributed by atoms with Gasteiger partial charge >= 0.3 is 0 Å². The van der Waals surface area contributed by atoms with E-state index in [1.54, 1.807) is 23.1 Å². The highest BCUT2D eigenvalue weighted by Gasteiger charge is 2.31. The summed E-state index contributed by atoms with van der Waals surface area (Å²) in [6.45, 7) is 8.95. The Morgan fingerprint density at radius 1 is 1.15 bits per heavy atom. The van der Waals surface area contributed by atoms with Gasteiger partial charge in [-0.25, -0.2) is 0 Å². The molecule has 1 N–H and O–H groups in total. The Balaban J connectivity index is 1.71. The molecule has 1 saturated heterocycles. The Hall–Kier alpha value is -2.84. The summed E-state index contributed by atoms with van der Waals surface area (Å²) in [5.74, 6) is 0.935. The van der Waals surface area contributed by atoms with E-state index in [0.717, 1.165) is 23.2 Å². The van der Waals surface area contributed by atoms with E-state index in [1.165, 1.54) is 11.8 Å². The summed E-state index contributed by atoms with van der Waals surface area (Å²) in [5, 5.41) is 2.93. The van der Waals surface area contributed by atoms with Gasteiger partial charge in [-0.05, 0) is 54.7 Å². The van der Waals surface area contributed by atoms with Gasteiger partial charge in [-0.3, -0.25) is 14.5 Å². The molecule has 34 heavy (non-hydrogen) atoms. The average Bonchev–Trinajstić information content (AvgIpc) is 3.06. The number of hydrogen-bond acceptors (Lipinski definition) is 6. The highest BCUT2D eigenvalue weighted by atomic mass is 32.2. The van der Waals surface area contributed by atoms with E-state index in [2.05, 4.69) is 19.2 Å². The summed E-state index contributed by atoms with van der Waals surface area (Å²) in [4.78, 5) is 27.4. The van der Waals surface area contributed by atoms with Gasteiger partial charge in [0.2, 0.25) is 0 Å². The van der Waals surface area contributed by atoms with Gasteiger partial charge in [0.1, 0.15) is 4.32 Å². The van der Waals surface area contributed by atoms with Crippen LogP contribution in [-0.4, -0.2) is 40.8 Å². The predicted molar refractivity (Wildman–Crippen MR) is 142 cm³/mol. The number of nitrogens with zero attached hydrogens (tertiary/aromatic N) is 1. The van der Waals surface area contributed by atoms with Crippen molar-refractivity contribution in [1.29, 1.82) is 0 Å². The molecule has 2 aromatic rings. The fraction of sp³-hybridized carbons (Fsp3) is 0.346. The number of anilines is 1. The van der Waals surface area contributed by atoms with E-state index < -0.39 is 0 Å². The molecule has 1 fully saturated rings. The van der Waals surface area contributed by atoms with E-state index in [0.29, 0.717) is 33.9 Å². The third-order valence-corrected chi connectivity index (χ3v) is 6.48. The second-order valence-electron chi connectivity index (χ2n) is 8.05.